The molecular weight excluding hydrogens is 355 g/mol. The highest BCUT2D eigenvalue weighted by atomic mass is 19.1. The number of hydrogen-bond acceptors (Lipinski definition) is 0. The minimum atomic E-state index is -0.0256. The van der Waals surface area contributed by atoms with Gasteiger partial charge in [-0.1, -0.05) is 56.2 Å². The highest BCUT2D eigenvalue weighted by Gasteiger charge is 2.25. The summed E-state index contributed by atoms with van der Waals surface area (Å²) in [6.07, 6.45) is 16.7. The van der Waals surface area contributed by atoms with E-state index in [1.807, 2.05) is 19.1 Å². The van der Waals surface area contributed by atoms with Crippen LogP contribution in [0.4, 0.5) is 4.39 Å². The Labute approximate surface area is 176 Å². The van der Waals surface area contributed by atoms with Crippen LogP contribution in [0.15, 0.2) is 43.0 Å². The number of benzene rings is 2. The lowest BCUT2D eigenvalue weighted by Crippen LogP contribution is -2.17. The molecule has 0 aromatic heterocycles. The molecule has 2 fully saturated rings. The number of aryl methyl sites for hydroxylation is 1. The number of fused-ring (bicyclic) bond motifs is 1. The van der Waals surface area contributed by atoms with Crippen molar-refractivity contribution in [3.8, 4) is 0 Å². The average Bonchev–Trinajstić information content (AvgIpc) is 2.78. The van der Waals surface area contributed by atoms with Gasteiger partial charge in [-0.15, -0.1) is 6.58 Å². The third-order valence-corrected chi connectivity index (χ3v) is 7.97. The molecule has 0 aliphatic heterocycles. The number of halogens is 1. The van der Waals surface area contributed by atoms with Crippen LogP contribution in [0.3, 0.4) is 0 Å². The Morgan fingerprint density at radius 3 is 2.17 bits per heavy atom. The van der Waals surface area contributed by atoms with E-state index in [9.17, 15) is 4.39 Å². The lowest BCUT2D eigenvalue weighted by atomic mass is 9.74. The van der Waals surface area contributed by atoms with Crippen molar-refractivity contribution in [3.63, 3.8) is 0 Å². The molecule has 0 heterocycles. The van der Waals surface area contributed by atoms with Gasteiger partial charge < -0.3 is 0 Å². The molecule has 29 heavy (non-hydrogen) atoms. The van der Waals surface area contributed by atoms with E-state index in [1.54, 1.807) is 0 Å². The van der Waals surface area contributed by atoms with Crippen LogP contribution in [0.2, 0.25) is 0 Å². The van der Waals surface area contributed by atoms with Gasteiger partial charge in [0.15, 0.2) is 0 Å². The molecule has 2 aromatic carbocycles. The van der Waals surface area contributed by atoms with Gasteiger partial charge in [-0.3, -0.25) is 0 Å². The van der Waals surface area contributed by atoms with Crippen molar-refractivity contribution in [2.45, 2.75) is 83.5 Å². The zero-order valence-corrected chi connectivity index (χ0v) is 18.1. The summed E-state index contributed by atoms with van der Waals surface area (Å²) in [4.78, 5) is 0. The summed E-state index contributed by atoms with van der Waals surface area (Å²) in [6, 6.07) is 10.5. The first-order valence-electron chi connectivity index (χ1n) is 12.0. The van der Waals surface area contributed by atoms with Crippen molar-refractivity contribution in [2.75, 3.05) is 0 Å². The molecule has 2 aliphatic rings. The van der Waals surface area contributed by atoms with E-state index in [0.717, 1.165) is 40.5 Å². The number of allylic oxidation sites excluding steroid dienone is 1. The van der Waals surface area contributed by atoms with Crippen molar-refractivity contribution >= 4 is 10.8 Å². The summed E-state index contributed by atoms with van der Waals surface area (Å²) in [5, 5.41) is 1.85. The van der Waals surface area contributed by atoms with Gasteiger partial charge in [0.05, 0.1) is 0 Å². The van der Waals surface area contributed by atoms with Crippen LogP contribution >= 0.6 is 0 Å². The first kappa shape index (κ1) is 20.6. The Bertz CT molecular complexity index is 820. The molecule has 2 aliphatic carbocycles. The van der Waals surface area contributed by atoms with Crippen LogP contribution in [-0.4, -0.2) is 0 Å². The molecule has 0 bridgehead atoms. The molecule has 0 radical (unpaired) electrons. The van der Waals surface area contributed by atoms with Gasteiger partial charge in [0.25, 0.3) is 0 Å². The smallest absolute Gasteiger partial charge is 0.134 e. The van der Waals surface area contributed by atoms with Crippen LogP contribution in [0.1, 0.15) is 88.2 Å². The molecular formula is C28H37F. The standard InChI is InChI=1S/C28H37F/c1-3-20-5-7-21(8-6-20)9-10-22-11-13-24(14-12-22)25-17-18-27-26(19-25)16-15-23(4-2)28(27)29/h3,15-22,24H,1,4-14H2,2H3. The highest BCUT2D eigenvalue weighted by Crippen LogP contribution is 2.40. The monoisotopic (exact) mass is 392 g/mol. The van der Waals surface area contributed by atoms with Gasteiger partial charge >= 0.3 is 0 Å². The van der Waals surface area contributed by atoms with E-state index in [1.165, 1.54) is 69.8 Å². The fraction of sp³-hybridized carbons (Fsp3) is 0.571. The van der Waals surface area contributed by atoms with E-state index in [-0.39, 0.29) is 5.82 Å². The minimum Gasteiger partial charge on any atom is -0.206 e. The predicted octanol–water partition coefficient (Wildman–Crippen LogP) is 8.59. The van der Waals surface area contributed by atoms with Crippen molar-refractivity contribution in [1.29, 1.82) is 0 Å². The Morgan fingerprint density at radius 1 is 0.897 bits per heavy atom. The summed E-state index contributed by atoms with van der Waals surface area (Å²) in [7, 11) is 0. The second kappa shape index (κ2) is 9.45. The quantitative estimate of drug-likeness (QED) is 0.432. The summed E-state index contributed by atoms with van der Waals surface area (Å²) in [5.41, 5.74) is 2.24. The summed E-state index contributed by atoms with van der Waals surface area (Å²) >= 11 is 0. The maximum Gasteiger partial charge on any atom is 0.134 e. The van der Waals surface area contributed by atoms with Crippen LogP contribution in [0.5, 0.6) is 0 Å². The Hall–Kier alpha value is -1.63. The number of rotatable bonds is 6. The van der Waals surface area contributed by atoms with E-state index < -0.39 is 0 Å². The van der Waals surface area contributed by atoms with Crippen LogP contribution < -0.4 is 0 Å². The summed E-state index contributed by atoms with van der Waals surface area (Å²) in [6.45, 7) is 5.99. The molecule has 0 unspecified atom stereocenters. The van der Waals surface area contributed by atoms with E-state index in [4.69, 9.17) is 0 Å². The predicted molar refractivity (Wildman–Crippen MR) is 123 cm³/mol. The normalized spacial score (nSPS) is 27.8. The summed E-state index contributed by atoms with van der Waals surface area (Å²) in [5.74, 6) is 3.31. The molecule has 0 N–H and O–H groups in total. The van der Waals surface area contributed by atoms with E-state index in [0.29, 0.717) is 5.92 Å². The molecule has 2 saturated carbocycles. The Balaban J connectivity index is 1.30. The largest absolute Gasteiger partial charge is 0.206 e. The van der Waals surface area contributed by atoms with Crippen molar-refractivity contribution in [1.82, 2.24) is 0 Å². The van der Waals surface area contributed by atoms with Crippen LogP contribution in [0.25, 0.3) is 10.8 Å². The molecule has 0 nitrogen and oxygen atoms in total. The highest BCUT2D eigenvalue weighted by molar-refractivity contribution is 5.84. The number of hydrogen-bond donors (Lipinski definition) is 0. The van der Waals surface area contributed by atoms with Crippen LogP contribution in [0, 0.1) is 23.6 Å². The average molecular weight is 393 g/mol. The fourth-order valence-corrected chi connectivity index (χ4v) is 5.85. The molecule has 4 rings (SSSR count). The van der Waals surface area contributed by atoms with Gasteiger partial charge in [0, 0.05) is 5.39 Å². The minimum absolute atomic E-state index is 0.0256. The maximum absolute atomic E-state index is 14.6. The molecule has 1 heteroatoms. The van der Waals surface area contributed by atoms with Gasteiger partial charge in [-0.05, 0) is 98.0 Å². The summed E-state index contributed by atoms with van der Waals surface area (Å²) < 4.78 is 14.6. The molecule has 0 spiro atoms. The second-order valence-corrected chi connectivity index (χ2v) is 9.68. The van der Waals surface area contributed by atoms with Gasteiger partial charge in [-0.2, -0.15) is 0 Å². The fourth-order valence-electron chi connectivity index (χ4n) is 5.85. The molecule has 0 saturated heterocycles. The molecule has 156 valence electrons. The second-order valence-electron chi connectivity index (χ2n) is 9.68. The van der Waals surface area contributed by atoms with Gasteiger partial charge in [0.2, 0.25) is 0 Å². The zero-order valence-electron chi connectivity index (χ0n) is 18.1. The lowest BCUT2D eigenvalue weighted by Gasteiger charge is -2.31. The molecule has 2 aromatic rings. The SMILES string of the molecule is C=CC1CCC(CCC2CCC(c3ccc4c(F)c(CC)ccc4c3)CC2)CC1. The molecule has 0 amide bonds. The van der Waals surface area contributed by atoms with Crippen LogP contribution in [-0.2, 0) is 6.42 Å². The molecule has 0 atom stereocenters. The van der Waals surface area contributed by atoms with Crippen molar-refractivity contribution in [2.24, 2.45) is 17.8 Å². The third kappa shape index (κ3) is 4.76. The van der Waals surface area contributed by atoms with Crippen molar-refractivity contribution < 1.29 is 4.39 Å². The maximum atomic E-state index is 14.6. The topological polar surface area (TPSA) is 0 Å². The first-order valence-corrected chi connectivity index (χ1v) is 12.0. The van der Waals surface area contributed by atoms with Gasteiger partial charge in [-0.25, -0.2) is 4.39 Å². The van der Waals surface area contributed by atoms with Gasteiger partial charge in [0.1, 0.15) is 5.82 Å². The Kier molecular flexibility index (Phi) is 6.73. The van der Waals surface area contributed by atoms with E-state index in [2.05, 4.69) is 30.9 Å². The Morgan fingerprint density at radius 2 is 1.55 bits per heavy atom. The van der Waals surface area contributed by atoms with Crippen molar-refractivity contribution in [3.05, 3.63) is 59.9 Å². The zero-order chi connectivity index (χ0) is 20.2. The van der Waals surface area contributed by atoms with E-state index >= 15 is 0 Å². The third-order valence-electron chi connectivity index (χ3n) is 7.97. The lowest BCUT2D eigenvalue weighted by molar-refractivity contribution is 0.246. The first-order chi connectivity index (χ1) is 14.2.